The lowest BCUT2D eigenvalue weighted by molar-refractivity contribution is -0.175. The van der Waals surface area contributed by atoms with Crippen LogP contribution >= 0.6 is 8.53 Å². The lowest BCUT2D eigenvalue weighted by Gasteiger charge is -2.38. The molecule has 0 spiro atoms. The third-order valence-electron chi connectivity index (χ3n) is 5.42. The van der Waals surface area contributed by atoms with E-state index in [2.05, 4.69) is 14.9 Å². The van der Waals surface area contributed by atoms with Gasteiger partial charge in [0.2, 0.25) is 7.98 Å². The normalized spacial score (nSPS) is 22.9. The number of aliphatic hydroxyl groups is 1. The van der Waals surface area contributed by atoms with E-state index >= 15 is 0 Å². The smallest absolute Gasteiger partial charge is 0.400 e. The molecular weight excluding hydrogens is 530 g/mol. The van der Waals surface area contributed by atoms with Gasteiger partial charge >= 0.3 is 17.8 Å². The van der Waals surface area contributed by atoms with E-state index in [0.29, 0.717) is 11.3 Å². The number of nitrogens with one attached hydrogen (secondary N) is 1. The third kappa shape index (κ3) is 8.69. The minimum absolute atomic E-state index is 0.00774. The summed E-state index contributed by atoms with van der Waals surface area (Å²) in [4.78, 5) is 31.9. The molecule has 2 N–H and O–H groups in total. The van der Waals surface area contributed by atoms with Crippen molar-refractivity contribution in [3.63, 3.8) is 0 Å². The van der Waals surface area contributed by atoms with E-state index in [1.807, 2.05) is 37.7 Å². The molecule has 0 radical (unpaired) electrons. The van der Waals surface area contributed by atoms with Crippen LogP contribution in [0.3, 0.4) is 0 Å². The summed E-state index contributed by atoms with van der Waals surface area (Å²) in [7, 11) is -0.662. The van der Waals surface area contributed by atoms with Gasteiger partial charge in [-0.3, -0.25) is 9.36 Å². The first-order chi connectivity index (χ1) is 18.6. The van der Waals surface area contributed by atoms with Gasteiger partial charge in [0.05, 0.1) is 6.10 Å². The number of carbonyl (C=O) groups is 1. The van der Waals surface area contributed by atoms with Crippen molar-refractivity contribution < 1.29 is 38.2 Å². The van der Waals surface area contributed by atoms with Crippen LogP contribution in [0.25, 0.3) is 4.85 Å². The number of rotatable bonds is 10. The molecule has 0 aliphatic carbocycles. The second kappa shape index (κ2) is 14.9. The molecule has 3 unspecified atom stereocenters. The number of amides is 1. The molecule has 0 aromatic carbocycles. The summed E-state index contributed by atoms with van der Waals surface area (Å²) in [5.74, 6) is -2.24. The van der Waals surface area contributed by atoms with Crippen molar-refractivity contribution >= 4 is 14.4 Å². The van der Waals surface area contributed by atoms with Crippen molar-refractivity contribution in [3.8, 4) is 0 Å². The summed E-state index contributed by atoms with van der Waals surface area (Å²) < 4.78 is 74.3. The first kappa shape index (κ1) is 30.4. The summed E-state index contributed by atoms with van der Waals surface area (Å²) in [6.07, 6.45) is -7.62. The number of carbonyl (C=O) groups excluding carboxylic acids is 1. The van der Waals surface area contributed by atoms with Gasteiger partial charge in [0.15, 0.2) is 6.23 Å². The average molecular weight is 571 g/mol. The molecule has 1 fully saturated rings. The number of ether oxygens (including phenoxy) is 1. The molecule has 1 saturated heterocycles. The van der Waals surface area contributed by atoms with Gasteiger partial charge < -0.3 is 29.1 Å². The predicted molar refractivity (Wildman–Crippen MR) is 135 cm³/mol. The average Bonchev–Trinajstić information content (AvgIpc) is 3.17. The Hall–Kier alpha value is -2.14. The second-order valence-corrected chi connectivity index (χ2v) is 10.3. The summed E-state index contributed by atoms with van der Waals surface area (Å²) in [5.41, 5.74) is 0.220. The lowest BCUT2D eigenvalue weighted by Crippen LogP contribution is -2.52. The number of hydrogen-bond donors (Lipinski definition) is 2. The van der Waals surface area contributed by atoms with E-state index in [0.717, 1.165) is 4.57 Å². The van der Waals surface area contributed by atoms with Gasteiger partial charge in [-0.2, -0.15) is 18.2 Å². The minimum Gasteiger partial charge on any atom is -0.400 e. The van der Waals surface area contributed by atoms with Crippen LogP contribution in [0.15, 0.2) is 11.0 Å². The SMILES string of the molecule is [2H]C[C@H]1O[C@@H](n2cc(C)c(C)nc2=O)C(NC(=O)C(F)(F)F)C1OP(OCC[N+]#[C-])N(C(C)C)C(C)C.[3H]OC. The quantitative estimate of drug-likeness (QED) is 0.250. The van der Waals surface area contributed by atoms with E-state index in [4.69, 9.17) is 23.2 Å². The molecule has 0 saturated carbocycles. The van der Waals surface area contributed by atoms with Gasteiger partial charge in [-0.25, -0.2) is 16.0 Å². The van der Waals surface area contributed by atoms with Gasteiger partial charge in [-0.05, 0) is 54.0 Å². The van der Waals surface area contributed by atoms with Crippen molar-refractivity contribution in [3.05, 3.63) is 39.4 Å². The molecule has 38 heavy (non-hydrogen) atoms. The van der Waals surface area contributed by atoms with E-state index in [9.17, 15) is 22.8 Å². The monoisotopic (exact) mass is 570 g/mol. The molecule has 1 aliphatic rings. The summed E-state index contributed by atoms with van der Waals surface area (Å²) in [5, 5.41) is 5.42. The van der Waals surface area contributed by atoms with Crippen LogP contribution in [0.4, 0.5) is 13.2 Å². The molecule has 11 nitrogen and oxygen atoms in total. The third-order valence-corrected chi connectivity index (χ3v) is 7.55. The number of aliphatic hydroxyl groups excluding tert-OH is 1. The summed E-state index contributed by atoms with van der Waals surface area (Å²) in [6.45, 7) is 17.4. The van der Waals surface area contributed by atoms with Gasteiger partial charge in [-0.15, -0.1) is 0 Å². The Morgan fingerprint density at radius 2 is 2.05 bits per heavy atom. The topological polar surface area (TPSA) is 120 Å². The fourth-order valence-electron chi connectivity index (χ4n) is 3.72. The first-order valence-electron chi connectivity index (χ1n) is 12.8. The Kier molecular flexibility index (Phi) is 11.9. The second-order valence-electron chi connectivity index (χ2n) is 8.85. The van der Waals surface area contributed by atoms with Gasteiger partial charge in [0.25, 0.3) is 8.53 Å². The van der Waals surface area contributed by atoms with Crippen LogP contribution in [0.1, 0.15) is 53.5 Å². The number of aryl methyl sites for hydroxylation is 2. The molecule has 0 bridgehead atoms. The molecule has 1 amide bonds. The maximum atomic E-state index is 13.3. The molecule has 2 heterocycles. The number of alkyl halides is 3. The molecule has 15 heteroatoms. The van der Waals surface area contributed by atoms with Crippen molar-refractivity contribution in [2.45, 2.75) is 91.2 Å². The van der Waals surface area contributed by atoms with Gasteiger partial charge in [0.1, 0.15) is 18.8 Å². The van der Waals surface area contributed by atoms with Crippen LogP contribution < -0.4 is 11.0 Å². The standard InChI is InChI=1S/C22H33F3N5O5P.CH4O/c1-12(2)30(13(3)4)36(33-10-9-26-8)35-18-16(7)34-19(17(18)28-20(31)22(23,24)25)29-11-14(5)15(6)27-21(29)32;1-2/h11-13,16-19H,9-10H2,1-7H3,(H,28,31);2H,1H3/t16-,17?,18?,19-,36?;/m1./s1/i7D;2T. The van der Waals surface area contributed by atoms with Crippen LogP contribution in [0.5, 0.6) is 0 Å². The van der Waals surface area contributed by atoms with Gasteiger partial charge in [-0.1, -0.05) is 0 Å². The largest absolute Gasteiger partial charge is 0.471 e. The number of nitrogens with zero attached hydrogens (tertiary/aromatic N) is 4. The highest BCUT2D eigenvalue weighted by Gasteiger charge is 2.51. The van der Waals surface area contributed by atoms with E-state index in [1.165, 1.54) is 13.3 Å². The molecule has 2 rings (SSSR count). The van der Waals surface area contributed by atoms with Crippen molar-refractivity contribution in [1.29, 1.82) is 1.43 Å². The number of halogens is 3. The Morgan fingerprint density at radius 3 is 2.55 bits per heavy atom. The van der Waals surface area contributed by atoms with Gasteiger partial charge in [0, 0.05) is 32.5 Å². The van der Waals surface area contributed by atoms with Crippen LogP contribution in [0.2, 0.25) is 0 Å². The molecule has 1 aliphatic heterocycles. The Morgan fingerprint density at radius 1 is 1.45 bits per heavy atom. The molecule has 1 aromatic heterocycles. The molecule has 5 atom stereocenters. The maximum absolute atomic E-state index is 13.3. The van der Waals surface area contributed by atoms with E-state index < -0.39 is 57.7 Å². The zero-order chi connectivity index (χ0) is 30.8. The Labute approximate surface area is 225 Å². The molecule has 1 aromatic rings. The van der Waals surface area contributed by atoms with Crippen LogP contribution in [-0.4, -0.2) is 83.4 Å². The summed E-state index contributed by atoms with van der Waals surface area (Å²) >= 11 is 0. The molecular formula is C23H37F3N5O6P. The first-order valence-corrected chi connectivity index (χ1v) is 12.9. The zero-order valence-electron chi connectivity index (χ0n) is 24.5. The lowest BCUT2D eigenvalue weighted by atomic mass is 10.1. The molecule has 216 valence electrons. The van der Waals surface area contributed by atoms with Crippen LogP contribution in [-0.2, 0) is 18.6 Å². The highest BCUT2D eigenvalue weighted by atomic mass is 31.2. The highest BCUT2D eigenvalue weighted by molar-refractivity contribution is 7.44. The Balaban J connectivity index is 0.00000254. The minimum atomic E-state index is -5.21. The van der Waals surface area contributed by atoms with E-state index in [1.54, 1.807) is 13.8 Å². The van der Waals surface area contributed by atoms with Crippen molar-refractivity contribution in [2.75, 3.05) is 20.3 Å². The maximum Gasteiger partial charge on any atom is 0.471 e. The number of aromatic nitrogens is 2. The Bertz CT molecular complexity index is 1050. The van der Waals surface area contributed by atoms with Crippen molar-refractivity contribution in [1.82, 2.24) is 19.5 Å². The number of hydrogen-bond acceptors (Lipinski definition) is 8. The zero-order valence-corrected chi connectivity index (χ0v) is 23.4. The highest BCUT2D eigenvalue weighted by Crippen LogP contribution is 2.49. The van der Waals surface area contributed by atoms with Crippen LogP contribution in [0, 0.1) is 20.4 Å². The fourth-order valence-corrected chi connectivity index (χ4v) is 5.49. The summed E-state index contributed by atoms with van der Waals surface area (Å²) in [6, 6.07) is -1.72. The predicted octanol–water partition coefficient (Wildman–Crippen LogP) is 3.10. The fraction of sp³-hybridized carbons (Fsp3) is 0.739. The van der Waals surface area contributed by atoms with E-state index in [-0.39, 0.29) is 25.2 Å². The van der Waals surface area contributed by atoms with Crippen molar-refractivity contribution in [2.24, 2.45) is 0 Å².